The molecular formula is C21H18N2OS2. The van der Waals surface area contributed by atoms with Crippen LogP contribution in [0.15, 0.2) is 65.4 Å². The largest absolute Gasteiger partial charge is 0.328 e. The van der Waals surface area contributed by atoms with Gasteiger partial charge in [-0.2, -0.15) is 0 Å². The smallest absolute Gasteiger partial charge is 0.255 e. The molecule has 0 saturated heterocycles. The molecule has 130 valence electrons. The molecule has 5 heteroatoms. The molecule has 0 atom stereocenters. The summed E-state index contributed by atoms with van der Waals surface area (Å²) in [7, 11) is 0. The Kier molecular flexibility index (Phi) is 4.82. The van der Waals surface area contributed by atoms with Crippen LogP contribution in [0.25, 0.3) is 10.9 Å². The van der Waals surface area contributed by atoms with Crippen molar-refractivity contribution in [1.82, 2.24) is 9.88 Å². The Balaban J connectivity index is 1.74. The first-order valence-corrected chi connectivity index (χ1v) is 10.2. The number of hydrogen-bond donors (Lipinski definition) is 0. The van der Waals surface area contributed by atoms with Crippen LogP contribution in [-0.4, -0.2) is 15.8 Å². The third-order valence-electron chi connectivity index (χ3n) is 4.22. The monoisotopic (exact) mass is 378 g/mol. The second-order valence-corrected chi connectivity index (χ2v) is 8.21. The van der Waals surface area contributed by atoms with E-state index < -0.39 is 0 Å². The van der Waals surface area contributed by atoms with Crippen molar-refractivity contribution >= 4 is 39.5 Å². The quantitative estimate of drug-likeness (QED) is 0.459. The highest BCUT2D eigenvalue weighted by atomic mass is 32.1. The van der Waals surface area contributed by atoms with Crippen LogP contribution in [0.3, 0.4) is 0 Å². The van der Waals surface area contributed by atoms with Gasteiger partial charge in [-0.05, 0) is 41.9 Å². The van der Waals surface area contributed by atoms with E-state index in [1.54, 1.807) is 22.7 Å². The molecule has 3 heterocycles. The molecule has 0 N–H and O–H groups in total. The van der Waals surface area contributed by atoms with Crippen molar-refractivity contribution in [2.24, 2.45) is 0 Å². The van der Waals surface area contributed by atoms with Crippen molar-refractivity contribution < 1.29 is 4.79 Å². The van der Waals surface area contributed by atoms with Crippen molar-refractivity contribution in [2.75, 3.05) is 0 Å². The lowest BCUT2D eigenvalue weighted by atomic mass is 10.1. The fraction of sp³-hybridized carbons (Fsp3) is 0.143. The van der Waals surface area contributed by atoms with Gasteiger partial charge >= 0.3 is 0 Å². The average molecular weight is 379 g/mol. The van der Waals surface area contributed by atoms with Crippen molar-refractivity contribution in [1.29, 1.82) is 0 Å². The molecule has 1 aromatic carbocycles. The van der Waals surface area contributed by atoms with Gasteiger partial charge in [0.2, 0.25) is 0 Å². The molecule has 0 aliphatic carbocycles. The van der Waals surface area contributed by atoms with E-state index in [-0.39, 0.29) is 5.91 Å². The lowest BCUT2D eigenvalue weighted by molar-refractivity contribution is 0.0735. The Morgan fingerprint density at radius 1 is 0.962 bits per heavy atom. The second-order valence-electron chi connectivity index (χ2n) is 6.15. The number of thiophene rings is 2. The minimum atomic E-state index is 0.0495. The maximum atomic E-state index is 13.5. The topological polar surface area (TPSA) is 33.2 Å². The number of amides is 1. The van der Waals surface area contributed by atoms with Crippen LogP contribution < -0.4 is 0 Å². The molecule has 1 amide bonds. The van der Waals surface area contributed by atoms with E-state index in [4.69, 9.17) is 0 Å². The fourth-order valence-electron chi connectivity index (χ4n) is 3.04. The third kappa shape index (κ3) is 3.54. The number of rotatable bonds is 5. The molecule has 0 aliphatic heterocycles. The maximum absolute atomic E-state index is 13.5. The van der Waals surface area contributed by atoms with Gasteiger partial charge in [0.15, 0.2) is 0 Å². The van der Waals surface area contributed by atoms with Crippen molar-refractivity contribution in [3.63, 3.8) is 0 Å². The lowest BCUT2D eigenvalue weighted by Gasteiger charge is -2.22. The van der Waals surface area contributed by atoms with Gasteiger partial charge in [-0.3, -0.25) is 9.78 Å². The predicted molar refractivity (Wildman–Crippen MR) is 109 cm³/mol. The van der Waals surface area contributed by atoms with E-state index in [1.807, 2.05) is 54.3 Å². The molecule has 0 saturated carbocycles. The second kappa shape index (κ2) is 7.40. The predicted octanol–water partition coefficient (Wildman–Crippen LogP) is 5.51. The highest BCUT2D eigenvalue weighted by Crippen LogP contribution is 2.24. The van der Waals surface area contributed by atoms with Crippen molar-refractivity contribution in [2.45, 2.75) is 20.0 Å². The Labute approximate surface area is 160 Å². The van der Waals surface area contributed by atoms with E-state index in [9.17, 15) is 4.79 Å². The van der Waals surface area contributed by atoms with Crippen LogP contribution in [0.4, 0.5) is 0 Å². The summed E-state index contributed by atoms with van der Waals surface area (Å²) in [5, 5.41) is 5.01. The molecule has 0 fully saturated rings. The summed E-state index contributed by atoms with van der Waals surface area (Å²) in [5.41, 5.74) is 2.45. The molecular weight excluding hydrogens is 360 g/mol. The number of aryl methyl sites for hydroxylation is 1. The van der Waals surface area contributed by atoms with Crippen molar-refractivity contribution in [3.8, 4) is 0 Å². The Morgan fingerprint density at radius 3 is 2.23 bits per heavy atom. The Hall–Kier alpha value is -2.50. The van der Waals surface area contributed by atoms with Gasteiger partial charge < -0.3 is 4.90 Å². The number of pyridine rings is 1. The van der Waals surface area contributed by atoms with Gasteiger partial charge in [-0.15, -0.1) is 22.7 Å². The van der Waals surface area contributed by atoms with Gasteiger partial charge in [0.05, 0.1) is 24.2 Å². The molecule has 0 radical (unpaired) electrons. The molecule has 4 rings (SSSR count). The van der Waals surface area contributed by atoms with Crippen LogP contribution in [0.5, 0.6) is 0 Å². The average Bonchev–Trinajstić information content (AvgIpc) is 3.34. The molecule has 26 heavy (non-hydrogen) atoms. The summed E-state index contributed by atoms with van der Waals surface area (Å²) in [6.45, 7) is 3.17. The molecule has 0 aliphatic rings. The summed E-state index contributed by atoms with van der Waals surface area (Å²) in [6, 6.07) is 18.0. The molecule has 3 aromatic heterocycles. The van der Waals surface area contributed by atoms with Crippen LogP contribution in [-0.2, 0) is 13.1 Å². The molecule has 0 spiro atoms. The van der Waals surface area contributed by atoms with Crippen LogP contribution in [0.2, 0.25) is 0 Å². The normalized spacial score (nSPS) is 11.0. The fourth-order valence-corrected chi connectivity index (χ4v) is 4.47. The summed E-state index contributed by atoms with van der Waals surface area (Å²) < 4.78 is 0. The zero-order chi connectivity index (χ0) is 17.9. The Morgan fingerprint density at radius 2 is 1.62 bits per heavy atom. The van der Waals surface area contributed by atoms with Gasteiger partial charge in [-0.25, -0.2) is 0 Å². The number of aromatic nitrogens is 1. The zero-order valence-corrected chi connectivity index (χ0v) is 16.0. The number of hydrogen-bond acceptors (Lipinski definition) is 4. The first-order valence-electron chi connectivity index (χ1n) is 8.41. The van der Waals surface area contributed by atoms with E-state index in [0.29, 0.717) is 13.1 Å². The Bertz CT molecular complexity index is 987. The number of para-hydroxylation sites is 1. The van der Waals surface area contributed by atoms with Gasteiger partial charge in [0, 0.05) is 20.8 Å². The first kappa shape index (κ1) is 16.9. The van der Waals surface area contributed by atoms with Crippen molar-refractivity contribution in [3.05, 3.63) is 86.4 Å². The van der Waals surface area contributed by atoms with Gasteiger partial charge in [-0.1, -0.05) is 30.3 Å². The highest BCUT2D eigenvalue weighted by Gasteiger charge is 2.20. The molecule has 4 aromatic rings. The summed E-state index contributed by atoms with van der Waals surface area (Å²) in [5.74, 6) is 0.0495. The number of benzene rings is 1. The van der Waals surface area contributed by atoms with Crippen LogP contribution in [0, 0.1) is 6.92 Å². The molecule has 0 bridgehead atoms. The first-order chi connectivity index (χ1) is 12.7. The minimum Gasteiger partial charge on any atom is -0.328 e. The van der Waals surface area contributed by atoms with E-state index in [1.165, 1.54) is 9.75 Å². The highest BCUT2D eigenvalue weighted by molar-refractivity contribution is 7.10. The number of carbonyl (C=O) groups excluding carboxylic acids is 1. The maximum Gasteiger partial charge on any atom is 0.255 e. The van der Waals surface area contributed by atoms with Crippen LogP contribution >= 0.6 is 22.7 Å². The number of carbonyl (C=O) groups is 1. The van der Waals surface area contributed by atoms with E-state index in [2.05, 4.69) is 27.9 Å². The van der Waals surface area contributed by atoms with Gasteiger partial charge in [0.25, 0.3) is 5.91 Å². The summed E-state index contributed by atoms with van der Waals surface area (Å²) >= 11 is 3.36. The van der Waals surface area contributed by atoms with Crippen LogP contribution in [0.1, 0.15) is 25.8 Å². The van der Waals surface area contributed by atoms with Gasteiger partial charge in [0.1, 0.15) is 0 Å². The summed E-state index contributed by atoms with van der Waals surface area (Å²) in [4.78, 5) is 22.3. The standard InChI is InChI=1S/C21H18N2OS2/c1-15-12-19(18-8-2-3-9-20(18)22-15)21(24)23(13-16-6-4-10-25-16)14-17-7-5-11-26-17/h2-12H,13-14H2,1H3. The molecule has 0 unspecified atom stereocenters. The van der Waals surface area contributed by atoms with E-state index >= 15 is 0 Å². The zero-order valence-electron chi connectivity index (χ0n) is 14.4. The number of nitrogens with zero attached hydrogens (tertiary/aromatic N) is 2. The van der Waals surface area contributed by atoms with E-state index in [0.717, 1.165) is 22.2 Å². The molecule has 3 nitrogen and oxygen atoms in total. The third-order valence-corrected chi connectivity index (χ3v) is 5.94. The summed E-state index contributed by atoms with van der Waals surface area (Å²) in [6.07, 6.45) is 0. The minimum absolute atomic E-state index is 0.0495. The SMILES string of the molecule is Cc1cc(C(=O)N(Cc2cccs2)Cc2cccs2)c2ccccc2n1. The number of fused-ring (bicyclic) bond motifs is 1. The lowest BCUT2D eigenvalue weighted by Crippen LogP contribution is -2.29.